The van der Waals surface area contributed by atoms with Crippen LogP contribution in [0.15, 0.2) is 79.5 Å². The van der Waals surface area contributed by atoms with Crippen LogP contribution in [0.5, 0.6) is 5.75 Å². The Morgan fingerprint density at radius 2 is 1.38 bits per heavy atom. The lowest BCUT2D eigenvalue weighted by Gasteiger charge is -2.11. The fourth-order valence-electron chi connectivity index (χ4n) is 3.89. The van der Waals surface area contributed by atoms with E-state index in [1.54, 1.807) is 0 Å². The second-order valence-electron chi connectivity index (χ2n) is 8.08. The fraction of sp³-hybridized carbons (Fsp3) is 0.0455. The van der Waals surface area contributed by atoms with Crippen molar-refractivity contribution in [1.29, 1.82) is 0 Å². The molecule has 0 spiro atoms. The largest absolute Gasteiger partial charge is 0.505 e. The zero-order valence-corrected chi connectivity index (χ0v) is 21.9. The lowest BCUT2D eigenvalue weighted by Crippen LogP contribution is -2.05. The van der Waals surface area contributed by atoms with Gasteiger partial charge in [0.25, 0.3) is 30.4 Å². The third-order valence-electron chi connectivity index (χ3n) is 5.39. The van der Waals surface area contributed by atoms with Crippen molar-refractivity contribution in [3.05, 3.63) is 54.6 Å². The monoisotopic (exact) mass is 595 g/mol. The molecular formula is C22H17N3O11S3. The summed E-state index contributed by atoms with van der Waals surface area (Å²) in [7, 11) is -15.0. The van der Waals surface area contributed by atoms with Crippen LogP contribution in [0.25, 0.3) is 21.5 Å². The first-order chi connectivity index (χ1) is 18.0. The van der Waals surface area contributed by atoms with Gasteiger partial charge in [-0.3, -0.25) is 18.5 Å². The van der Waals surface area contributed by atoms with Gasteiger partial charge in [0.2, 0.25) is 5.91 Å². The van der Waals surface area contributed by atoms with Crippen molar-refractivity contribution in [2.75, 3.05) is 5.32 Å². The van der Waals surface area contributed by atoms with Gasteiger partial charge in [-0.25, -0.2) is 0 Å². The van der Waals surface area contributed by atoms with Crippen LogP contribution in [0.4, 0.5) is 17.1 Å². The van der Waals surface area contributed by atoms with Crippen molar-refractivity contribution < 1.29 is 48.8 Å². The molecule has 0 heterocycles. The number of phenols is 1. The zero-order chi connectivity index (χ0) is 28.9. The van der Waals surface area contributed by atoms with Crippen molar-refractivity contribution in [1.82, 2.24) is 0 Å². The Balaban J connectivity index is 1.99. The smallest absolute Gasteiger partial charge is 0.297 e. The van der Waals surface area contributed by atoms with Gasteiger partial charge < -0.3 is 10.4 Å². The Hall–Kier alpha value is -4.00. The Kier molecular flexibility index (Phi) is 6.92. The topological polar surface area (TPSA) is 237 Å². The Bertz CT molecular complexity index is 2060. The molecule has 0 saturated heterocycles. The Morgan fingerprint density at radius 3 is 1.97 bits per heavy atom. The van der Waals surface area contributed by atoms with Crippen LogP contribution in [0.3, 0.4) is 0 Å². The summed E-state index contributed by atoms with van der Waals surface area (Å²) in [6, 6.07) is 10.2. The molecule has 0 aliphatic rings. The maximum absolute atomic E-state index is 12.2. The molecule has 0 radical (unpaired) electrons. The van der Waals surface area contributed by atoms with Crippen LogP contribution in [-0.4, -0.2) is 49.9 Å². The number of anilines is 1. The van der Waals surface area contributed by atoms with E-state index in [9.17, 15) is 48.8 Å². The molecule has 14 nitrogen and oxygen atoms in total. The van der Waals surface area contributed by atoms with E-state index < -0.39 is 68.1 Å². The summed E-state index contributed by atoms with van der Waals surface area (Å²) >= 11 is 0. The molecule has 0 bridgehead atoms. The molecule has 0 saturated carbocycles. The van der Waals surface area contributed by atoms with E-state index in [2.05, 4.69) is 15.5 Å². The molecule has 0 aliphatic heterocycles. The number of amides is 1. The molecule has 0 aromatic heterocycles. The van der Waals surface area contributed by atoms with E-state index >= 15 is 0 Å². The van der Waals surface area contributed by atoms with E-state index in [1.807, 2.05) is 0 Å². The van der Waals surface area contributed by atoms with Gasteiger partial charge in [-0.05, 0) is 41.8 Å². The number of rotatable bonds is 6. The summed E-state index contributed by atoms with van der Waals surface area (Å²) in [6.45, 7) is 1.24. The van der Waals surface area contributed by atoms with Crippen molar-refractivity contribution in [3.63, 3.8) is 0 Å². The quantitative estimate of drug-likeness (QED) is 0.159. The van der Waals surface area contributed by atoms with Gasteiger partial charge in [-0.2, -0.15) is 25.3 Å². The molecule has 0 aliphatic carbocycles. The first kappa shape index (κ1) is 28.0. The van der Waals surface area contributed by atoms with E-state index in [-0.39, 0.29) is 27.2 Å². The highest BCUT2D eigenvalue weighted by Gasteiger charge is 2.25. The Morgan fingerprint density at radius 1 is 0.744 bits per heavy atom. The van der Waals surface area contributed by atoms with Crippen LogP contribution in [0.2, 0.25) is 0 Å². The molecule has 4 aromatic carbocycles. The third kappa shape index (κ3) is 5.58. The SMILES string of the molecule is CC(=O)Nc1ccc2c(O)c(N=Nc3ccc4c(S(=O)(=O)O)cccc4c3S(=O)(=O)O)c(S(=O)(=O)O)cc2c1. The minimum absolute atomic E-state index is 0.0248. The number of nitrogens with one attached hydrogen (secondary N) is 1. The summed E-state index contributed by atoms with van der Waals surface area (Å²) in [5, 5.41) is 20.0. The molecule has 4 aromatic rings. The van der Waals surface area contributed by atoms with Crippen molar-refractivity contribution >= 4 is 74.9 Å². The van der Waals surface area contributed by atoms with Crippen LogP contribution in [-0.2, 0) is 35.1 Å². The molecule has 204 valence electrons. The number of hydrogen-bond acceptors (Lipinski definition) is 10. The van der Waals surface area contributed by atoms with Gasteiger partial charge in [0.1, 0.15) is 26.1 Å². The molecule has 0 fully saturated rings. The normalized spacial score (nSPS) is 12.8. The summed E-state index contributed by atoms with van der Waals surface area (Å²) in [4.78, 5) is 8.83. The Labute approximate surface area is 220 Å². The highest BCUT2D eigenvalue weighted by molar-refractivity contribution is 7.86. The fourth-order valence-corrected chi connectivity index (χ4v) is 6.09. The number of hydrogen-bond donors (Lipinski definition) is 5. The zero-order valence-electron chi connectivity index (χ0n) is 19.5. The maximum atomic E-state index is 12.2. The average Bonchev–Trinajstić information content (AvgIpc) is 2.80. The number of carbonyl (C=O) groups is 1. The van der Waals surface area contributed by atoms with Gasteiger partial charge in [0.05, 0.1) is 0 Å². The minimum atomic E-state index is -5.12. The molecule has 17 heteroatoms. The summed E-state index contributed by atoms with van der Waals surface area (Å²) in [5.74, 6) is -1.20. The first-order valence-electron chi connectivity index (χ1n) is 10.5. The van der Waals surface area contributed by atoms with E-state index in [1.165, 1.54) is 25.1 Å². The number of azo groups is 1. The molecule has 39 heavy (non-hydrogen) atoms. The van der Waals surface area contributed by atoms with Gasteiger partial charge in [-0.1, -0.05) is 18.2 Å². The highest BCUT2D eigenvalue weighted by atomic mass is 32.2. The molecule has 1 amide bonds. The number of aromatic hydroxyl groups is 1. The van der Waals surface area contributed by atoms with Crippen LogP contribution in [0.1, 0.15) is 6.92 Å². The molecule has 4 rings (SSSR count). The van der Waals surface area contributed by atoms with Crippen LogP contribution in [0, 0.1) is 0 Å². The lowest BCUT2D eigenvalue weighted by atomic mass is 10.1. The standard InChI is InChI=1S/C22H17N3O11S3/c1-11(26)23-13-5-6-14-12(9-13)10-19(38(31,32)33)20(21(14)27)25-24-17-8-7-15-16(22(17)39(34,35)36)3-2-4-18(15)37(28,29)30/h2-10,27H,1H3,(H,23,26)(H,28,29,30)(H,31,32,33)(H,34,35,36). The third-order valence-corrected chi connectivity index (χ3v) is 8.12. The second kappa shape index (κ2) is 9.63. The number of fused-ring (bicyclic) bond motifs is 2. The summed E-state index contributed by atoms with van der Waals surface area (Å²) in [6.07, 6.45) is 0. The molecular weight excluding hydrogens is 578 g/mol. The molecule has 0 unspecified atom stereocenters. The van der Waals surface area contributed by atoms with E-state index in [4.69, 9.17) is 0 Å². The second-order valence-corrected chi connectivity index (χ2v) is 12.2. The summed E-state index contributed by atoms with van der Waals surface area (Å²) < 4.78 is 101. The van der Waals surface area contributed by atoms with E-state index in [0.717, 1.165) is 36.4 Å². The molecule has 0 atom stereocenters. The van der Waals surface area contributed by atoms with Gasteiger partial charge in [0.15, 0.2) is 5.75 Å². The number of nitrogens with zero attached hydrogens (tertiary/aromatic N) is 2. The highest BCUT2D eigenvalue weighted by Crippen LogP contribution is 2.43. The predicted molar refractivity (Wildman–Crippen MR) is 137 cm³/mol. The van der Waals surface area contributed by atoms with Gasteiger partial charge in [-0.15, -0.1) is 10.2 Å². The van der Waals surface area contributed by atoms with Gasteiger partial charge in [0, 0.05) is 28.8 Å². The number of benzene rings is 4. The summed E-state index contributed by atoms with van der Waals surface area (Å²) in [5.41, 5.74) is -1.13. The first-order valence-corrected chi connectivity index (χ1v) is 14.8. The minimum Gasteiger partial charge on any atom is -0.505 e. The average molecular weight is 596 g/mol. The predicted octanol–water partition coefficient (Wildman–Crippen LogP) is 3.81. The van der Waals surface area contributed by atoms with Crippen molar-refractivity contribution in [2.24, 2.45) is 10.2 Å². The number of carbonyl (C=O) groups excluding carboxylic acids is 1. The van der Waals surface area contributed by atoms with Gasteiger partial charge >= 0.3 is 0 Å². The number of phenolic OH excluding ortho intramolecular Hbond substituents is 1. The maximum Gasteiger partial charge on any atom is 0.297 e. The van der Waals surface area contributed by atoms with Crippen molar-refractivity contribution in [2.45, 2.75) is 21.6 Å². The van der Waals surface area contributed by atoms with Crippen molar-refractivity contribution in [3.8, 4) is 5.75 Å². The van der Waals surface area contributed by atoms with Crippen LogP contribution < -0.4 is 5.32 Å². The van der Waals surface area contributed by atoms with Crippen LogP contribution >= 0.6 is 0 Å². The molecule has 5 N–H and O–H groups in total. The van der Waals surface area contributed by atoms with E-state index in [0.29, 0.717) is 0 Å². The lowest BCUT2D eigenvalue weighted by molar-refractivity contribution is -0.114.